The first kappa shape index (κ1) is 18.3. The Kier molecular flexibility index (Phi) is 10.4. The molecule has 1 fully saturated rings. The molecule has 0 saturated carbocycles. The minimum atomic E-state index is 0.220. The molecule has 3 nitrogen and oxygen atoms in total. The Labute approximate surface area is 132 Å². The highest BCUT2D eigenvalue weighted by Crippen LogP contribution is 2.13. The molecule has 3 heteroatoms. The van der Waals surface area contributed by atoms with Gasteiger partial charge in [0.1, 0.15) is 0 Å². The van der Waals surface area contributed by atoms with Crippen LogP contribution >= 0.6 is 0 Å². The minimum Gasteiger partial charge on any atom is -0.326 e. The maximum atomic E-state index is 11.7. The van der Waals surface area contributed by atoms with Gasteiger partial charge < -0.3 is 9.80 Å². The highest BCUT2D eigenvalue weighted by molar-refractivity contribution is 5.76. The Bertz CT molecular complexity index is 268. The van der Waals surface area contributed by atoms with Crippen molar-refractivity contribution in [3.05, 3.63) is 0 Å². The summed E-state index contributed by atoms with van der Waals surface area (Å²) in [5.74, 6) is 0. The number of hydrogen-bond donors (Lipinski definition) is 0. The lowest BCUT2D eigenvalue weighted by atomic mass is 10.1. The quantitative estimate of drug-likeness (QED) is 0.436. The van der Waals surface area contributed by atoms with E-state index in [2.05, 4.69) is 6.92 Å². The third-order valence-electron chi connectivity index (χ3n) is 4.58. The lowest BCUT2D eigenvalue weighted by molar-refractivity contribution is 0.198. The Morgan fingerprint density at radius 2 is 1.24 bits per heavy atom. The topological polar surface area (TPSA) is 23.6 Å². The molecule has 0 atom stereocenters. The zero-order chi connectivity index (χ0) is 15.3. The number of urea groups is 1. The van der Waals surface area contributed by atoms with Crippen LogP contribution in [0.15, 0.2) is 0 Å². The maximum Gasteiger partial charge on any atom is 0.319 e. The first-order valence-electron chi connectivity index (χ1n) is 9.25. The predicted octanol–water partition coefficient (Wildman–Crippen LogP) is 5.05. The van der Waals surface area contributed by atoms with Crippen LogP contribution in [0.1, 0.15) is 84.0 Å². The smallest absolute Gasteiger partial charge is 0.319 e. The van der Waals surface area contributed by atoms with E-state index < -0.39 is 0 Å². The van der Waals surface area contributed by atoms with Gasteiger partial charge in [-0.3, -0.25) is 0 Å². The average molecular weight is 296 g/mol. The van der Waals surface area contributed by atoms with Gasteiger partial charge in [-0.25, -0.2) is 4.79 Å². The second kappa shape index (κ2) is 11.9. The van der Waals surface area contributed by atoms with Gasteiger partial charge in [-0.2, -0.15) is 0 Å². The molecular formula is C18H36N2O. The van der Waals surface area contributed by atoms with Gasteiger partial charge >= 0.3 is 6.03 Å². The summed E-state index contributed by atoms with van der Waals surface area (Å²) in [7, 11) is 1.89. The van der Waals surface area contributed by atoms with Crippen molar-refractivity contribution in [2.45, 2.75) is 84.0 Å². The second-order valence-corrected chi connectivity index (χ2v) is 6.58. The predicted molar refractivity (Wildman–Crippen MR) is 90.7 cm³/mol. The van der Waals surface area contributed by atoms with E-state index in [0.717, 1.165) is 19.6 Å². The first-order valence-corrected chi connectivity index (χ1v) is 9.25. The fraction of sp³-hybridized carbons (Fsp3) is 0.944. The lowest BCUT2D eigenvalue weighted by Crippen LogP contribution is -2.30. The highest BCUT2D eigenvalue weighted by Gasteiger charge is 2.23. The van der Waals surface area contributed by atoms with E-state index in [1.54, 1.807) is 0 Å². The molecule has 2 amide bonds. The van der Waals surface area contributed by atoms with Gasteiger partial charge in [-0.1, -0.05) is 77.6 Å². The third-order valence-corrected chi connectivity index (χ3v) is 4.58. The molecule has 0 bridgehead atoms. The first-order chi connectivity index (χ1) is 10.3. The van der Waals surface area contributed by atoms with E-state index in [1.165, 1.54) is 77.0 Å². The van der Waals surface area contributed by atoms with E-state index in [9.17, 15) is 4.79 Å². The molecule has 0 spiro atoms. The number of hydrogen-bond acceptors (Lipinski definition) is 1. The van der Waals surface area contributed by atoms with Crippen molar-refractivity contribution >= 4 is 6.03 Å². The number of carbonyl (C=O) groups is 1. The molecule has 0 aliphatic carbocycles. The van der Waals surface area contributed by atoms with Crippen molar-refractivity contribution in [3.8, 4) is 0 Å². The van der Waals surface area contributed by atoms with Crippen molar-refractivity contribution in [3.63, 3.8) is 0 Å². The van der Waals surface area contributed by atoms with Crippen molar-refractivity contribution < 1.29 is 4.79 Å². The van der Waals surface area contributed by atoms with Crippen molar-refractivity contribution in [2.24, 2.45) is 0 Å². The van der Waals surface area contributed by atoms with Gasteiger partial charge in [-0.15, -0.1) is 0 Å². The molecule has 21 heavy (non-hydrogen) atoms. The van der Waals surface area contributed by atoms with Crippen LogP contribution in [0.5, 0.6) is 0 Å². The van der Waals surface area contributed by atoms with E-state index >= 15 is 0 Å². The van der Waals surface area contributed by atoms with Crippen LogP contribution < -0.4 is 0 Å². The Morgan fingerprint density at radius 1 is 0.762 bits per heavy atom. The van der Waals surface area contributed by atoms with E-state index in [1.807, 2.05) is 16.8 Å². The number of rotatable bonds is 13. The molecule has 0 aromatic heterocycles. The minimum absolute atomic E-state index is 0.220. The summed E-state index contributed by atoms with van der Waals surface area (Å²) >= 11 is 0. The standard InChI is InChI=1S/C18H36N2O/c1-3-4-5-6-7-8-9-10-11-12-13-14-15-20-17-16-19(2)18(20)21/h3-17H2,1-2H3. The van der Waals surface area contributed by atoms with Crippen LogP contribution in [0.3, 0.4) is 0 Å². The largest absolute Gasteiger partial charge is 0.326 e. The van der Waals surface area contributed by atoms with Crippen LogP contribution in [0.4, 0.5) is 4.79 Å². The Hall–Kier alpha value is -0.730. The summed E-state index contributed by atoms with van der Waals surface area (Å²) in [4.78, 5) is 15.5. The Balaban J connectivity index is 1.78. The highest BCUT2D eigenvalue weighted by atomic mass is 16.2. The molecule has 1 rings (SSSR count). The summed E-state index contributed by atoms with van der Waals surface area (Å²) in [5, 5.41) is 0. The van der Waals surface area contributed by atoms with E-state index in [-0.39, 0.29) is 6.03 Å². The number of amides is 2. The number of likely N-dealkylation sites (N-methyl/N-ethyl adjacent to an activating group) is 1. The van der Waals surface area contributed by atoms with Gasteiger partial charge in [0.05, 0.1) is 0 Å². The maximum absolute atomic E-state index is 11.7. The lowest BCUT2D eigenvalue weighted by Gasteiger charge is -2.15. The van der Waals surface area contributed by atoms with Gasteiger partial charge in [0.15, 0.2) is 0 Å². The summed E-state index contributed by atoms with van der Waals surface area (Å²) in [6, 6.07) is 0.220. The van der Waals surface area contributed by atoms with Crippen LogP contribution in [0.2, 0.25) is 0 Å². The monoisotopic (exact) mass is 296 g/mol. The van der Waals surface area contributed by atoms with Crippen LogP contribution in [-0.4, -0.2) is 42.5 Å². The molecule has 0 aromatic carbocycles. The molecule has 0 unspecified atom stereocenters. The molecule has 1 aliphatic rings. The third kappa shape index (κ3) is 8.33. The molecule has 124 valence electrons. The molecule has 1 saturated heterocycles. The Morgan fingerprint density at radius 3 is 1.67 bits per heavy atom. The SMILES string of the molecule is CCCCCCCCCCCCCCN1CCN(C)C1=O. The summed E-state index contributed by atoms with van der Waals surface area (Å²) in [6.45, 7) is 5.06. The molecule has 1 aliphatic heterocycles. The van der Waals surface area contributed by atoms with Gasteiger partial charge in [0, 0.05) is 26.7 Å². The van der Waals surface area contributed by atoms with Gasteiger partial charge in [0.2, 0.25) is 0 Å². The summed E-state index contributed by atoms with van der Waals surface area (Å²) < 4.78 is 0. The average Bonchev–Trinajstić information content (AvgIpc) is 2.80. The normalized spacial score (nSPS) is 15.2. The van der Waals surface area contributed by atoms with E-state index in [4.69, 9.17) is 0 Å². The van der Waals surface area contributed by atoms with Crippen molar-refractivity contribution in [1.29, 1.82) is 0 Å². The van der Waals surface area contributed by atoms with Crippen LogP contribution in [-0.2, 0) is 0 Å². The summed E-state index contributed by atoms with van der Waals surface area (Å²) in [6.07, 6.45) is 16.5. The zero-order valence-corrected chi connectivity index (χ0v) is 14.4. The van der Waals surface area contributed by atoms with Crippen LogP contribution in [0, 0.1) is 0 Å². The summed E-state index contributed by atoms with van der Waals surface area (Å²) in [5.41, 5.74) is 0. The number of unbranched alkanes of at least 4 members (excludes halogenated alkanes) is 11. The number of nitrogens with zero attached hydrogens (tertiary/aromatic N) is 2. The zero-order valence-electron chi connectivity index (χ0n) is 14.4. The molecule has 0 aromatic rings. The van der Waals surface area contributed by atoms with Crippen molar-refractivity contribution in [2.75, 3.05) is 26.7 Å². The second-order valence-electron chi connectivity index (χ2n) is 6.58. The molecule has 0 radical (unpaired) electrons. The van der Waals surface area contributed by atoms with Crippen molar-refractivity contribution in [1.82, 2.24) is 9.80 Å². The fourth-order valence-electron chi connectivity index (χ4n) is 3.05. The molecular weight excluding hydrogens is 260 g/mol. The van der Waals surface area contributed by atoms with Crippen LogP contribution in [0.25, 0.3) is 0 Å². The number of carbonyl (C=O) groups excluding carboxylic acids is 1. The van der Waals surface area contributed by atoms with E-state index in [0.29, 0.717) is 0 Å². The molecule has 0 N–H and O–H groups in total. The molecule has 1 heterocycles. The van der Waals surface area contributed by atoms with Gasteiger partial charge in [-0.05, 0) is 6.42 Å². The van der Waals surface area contributed by atoms with Gasteiger partial charge in [0.25, 0.3) is 0 Å². The fourth-order valence-corrected chi connectivity index (χ4v) is 3.05.